The lowest BCUT2D eigenvalue weighted by Crippen LogP contribution is -1.98. The molecule has 0 radical (unpaired) electrons. The van der Waals surface area contributed by atoms with Crippen molar-refractivity contribution in [2.75, 3.05) is 26.1 Å². The third kappa shape index (κ3) is 6.48. The Bertz CT molecular complexity index is 316. The molecule has 1 rings (SSSR count). The predicted molar refractivity (Wildman–Crippen MR) is 65.0 cm³/mol. The second-order valence-electron chi connectivity index (χ2n) is 4.19. The Morgan fingerprint density at radius 1 is 1.20 bits per heavy atom. The summed E-state index contributed by atoms with van der Waals surface area (Å²) in [6.45, 7) is 4.99. The number of benzene rings is 1. The first-order valence-corrected chi connectivity index (χ1v) is 8.02. The van der Waals surface area contributed by atoms with E-state index in [1.165, 1.54) is 5.56 Å². The van der Waals surface area contributed by atoms with Crippen LogP contribution >= 0.6 is 7.14 Å². The maximum atomic E-state index is 11.4. The highest BCUT2D eigenvalue weighted by Crippen LogP contribution is 2.36. The highest BCUT2D eigenvalue weighted by atomic mass is 31.2. The van der Waals surface area contributed by atoms with Gasteiger partial charge in [-0.05, 0) is 25.3 Å². The maximum Gasteiger partial charge on any atom is 0.0820 e. The Balaban J connectivity index is 2.10. The summed E-state index contributed by atoms with van der Waals surface area (Å²) in [7, 11) is -1.86. The largest absolute Gasteiger partial charge is 0.377 e. The van der Waals surface area contributed by atoms with E-state index in [0.717, 1.165) is 12.6 Å². The minimum absolute atomic E-state index is 0.651. The zero-order valence-corrected chi connectivity index (χ0v) is 10.4. The van der Waals surface area contributed by atoms with Gasteiger partial charge in [0.25, 0.3) is 0 Å². The summed E-state index contributed by atoms with van der Waals surface area (Å²) in [6.07, 6.45) is 1.67. The van der Waals surface area contributed by atoms with Gasteiger partial charge in [-0.25, -0.2) is 0 Å². The summed E-state index contributed by atoms with van der Waals surface area (Å²) >= 11 is 0. The quantitative estimate of drug-likeness (QED) is 0.550. The molecule has 0 aromatic heterocycles. The van der Waals surface area contributed by atoms with E-state index in [-0.39, 0.29) is 0 Å². The third-order valence-electron chi connectivity index (χ3n) is 2.10. The van der Waals surface area contributed by atoms with Crippen molar-refractivity contribution in [2.45, 2.75) is 13.0 Å². The first-order valence-electron chi connectivity index (χ1n) is 5.23. The zero-order chi connectivity index (χ0) is 11.1. The van der Waals surface area contributed by atoms with Crippen LogP contribution < -0.4 is 0 Å². The smallest absolute Gasteiger partial charge is 0.0820 e. The molecule has 0 N–H and O–H groups in total. The molecule has 0 saturated carbocycles. The lowest BCUT2D eigenvalue weighted by atomic mass is 10.2. The normalized spacial score (nSPS) is 11.6. The second kappa shape index (κ2) is 6.09. The van der Waals surface area contributed by atoms with Crippen molar-refractivity contribution in [3.8, 4) is 0 Å². The Labute approximate surface area is 92.0 Å². The molecule has 15 heavy (non-hydrogen) atoms. The molecule has 0 saturated heterocycles. The molecule has 1 aromatic carbocycles. The minimum Gasteiger partial charge on any atom is -0.377 e. The molecule has 2 nitrogen and oxygen atoms in total. The molecule has 0 bridgehead atoms. The molecule has 0 aliphatic heterocycles. The van der Waals surface area contributed by atoms with E-state index in [1.54, 1.807) is 0 Å². The number of rotatable bonds is 6. The van der Waals surface area contributed by atoms with Crippen molar-refractivity contribution in [3.63, 3.8) is 0 Å². The van der Waals surface area contributed by atoms with E-state index >= 15 is 0 Å². The average molecular weight is 226 g/mol. The summed E-state index contributed by atoms with van der Waals surface area (Å²) in [5, 5.41) is 0. The van der Waals surface area contributed by atoms with Crippen LogP contribution in [0, 0.1) is 0 Å². The van der Waals surface area contributed by atoms with Gasteiger partial charge in [-0.3, -0.25) is 0 Å². The van der Waals surface area contributed by atoms with Gasteiger partial charge >= 0.3 is 0 Å². The van der Waals surface area contributed by atoms with Crippen molar-refractivity contribution in [3.05, 3.63) is 35.9 Å². The van der Waals surface area contributed by atoms with Crippen LogP contribution in [0.5, 0.6) is 0 Å². The molecule has 0 amide bonds. The summed E-state index contributed by atoms with van der Waals surface area (Å²) in [5.41, 5.74) is 1.19. The molecule has 0 aliphatic carbocycles. The molecule has 0 heterocycles. The van der Waals surface area contributed by atoms with E-state index < -0.39 is 7.14 Å². The van der Waals surface area contributed by atoms with Crippen LogP contribution in [0.15, 0.2) is 30.3 Å². The lowest BCUT2D eigenvalue weighted by Gasteiger charge is -2.07. The SMILES string of the molecule is CP(C)(=O)CCCOCc1ccccc1. The molecular formula is C12H19O2P. The van der Waals surface area contributed by atoms with Gasteiger partial charge in [0.1, 0.15) is 0 Å². The van der Waals surface area contributed by atoms with E-state index in [9.17, 15) is 4.57 Å². The van der Waals surface area contributed by atoms with Crippen molar-refractivity contribution in [2.24, 2.45) is 0 Å². The van der Waals surface area contributed by atoms with Gasteiger partial charge in [0, 0.05) is 12.8 Å². The average Bonchev–Trinajstić information content (AvgIpc) is 2.17. The maximum absolute atomic E-state index is 11.4. The Morgan fingerprint density at radius 3 is 2.47 bits per heavy atom. The summed E-state index contributed by atoms with van der Waals surface area (Å²) < 4.78 is 16.9. The number of hydrogen-bond donors (Lipinski definition) is 0. The summed E-state index contributed by atoms with van der Waals surface area (Å²) in [4.78, 5) is 0. The molecule has 0 atom stereocenters. The van der Waals surface area contributed by atoms with Gasteiger partial charge < -0.3 is 9.30 Å². The Hall–Kier alpha value is -0.590. The Morgan fingerprint density at radius 2 is 1.87 bits per heavy atom. The molecule has 0 spiro atoms. The molecular weight excluding hydrogens is 207 g/mol. The second-order valence-corrected chi connectivity index (χ2v) is 7.78. The zero-order valence-electron chi connectivity index (χ0n) is 9.48. The van der Waals surface area contributed by atoms with E-state index in [1.807, 2.05) is 43.7 Å². The van der Waals surface area contributed by atoms with Crippen LogP contribution in [-0.2, 0) is 15.9 Å². The molecule has 0 aliphatic rings. The first kappa shape index (κ1) is 12.5. The van der Waals surface area contributed by atoms with Crippen molar-refractivity contribution in [1.29, 1.82) is 0 Å². The van der Waals surface area contributed by atoms with Crippen LogP contribution in [0.25, 0.3) is 0 Å². The van der Waals surface area contributed by atoms with Crippen LogP contribution in [0.2, 0.25) is 0 Å². The minimum atomic E-state index is -1.86. The van der Waals surface area contributed by atoms with Crippen LogP contribution in [0.3, 0.4) is 0 Å². The van der Waals surface area contributed by atoms with Crippen LogP contribution in [-0.4, -0.2) is 26.1 Å². The number of hydrogen-bond acceptors (Lipinski definition) is 2. The van der Waals surface area contributed by atoms with E-state index in [2.05, 4.69) is 0 Å². The summed E-state index contributed by atoms with van der Waals surface area (Å²) in [5.74, 6) is 0. The highest BCUT2D eigenvalue weighted by Gasteiger charge is 2.05. The third-order valence-corrected chi connectivity index (χ3v) is 3.49. The lowest BCUT2D eigenvalue weighted by molar-refractivity contribution is 0.122. The van der Waals surface area contributed by atoms with Crippen molar-refractivity contribution < 1.29 is 9.30 Å². The standard InChI is InChI=1S/C12H19O2P/c1-15(2,13)10-6-9-14-11-12-7-4-3-5-8-12/h3-5,7-8H,6,9-11H2,1-2H3. The molecule has 0 fully saturated rings. The monoisotopic (exact) mass is 226 g/mol. The van der Waals surface area contributed by atoms with Gasteiger partial charge in [0.05, 0.1) is 13.7 Å². The first-order chi connectivity index (χ1) is 7.08. The fourth-order valence-corrected chi connectivity index (χ4v) is 2.20. The van der Waals surface area contributed by atoms with E-state index in [4.69, 9.17) is 4.74 Å². The fraction of sp³-hybridized carbons (Fsp3) is 0.500. The van der Waals surface area contributed by atoms with Crippen molar-refractivity contribution >= 4 is 7.14 Å². The number of ether oxygens (including phenoxy) is 1. The van der Waals surface area contributed by atoms with Crippen LogP contribution in [0.4, 0.5) is 0 Å². The summed E-state index contributed by atoms with van der Waals surface area (Å²) in [6, 6.07) is 10.1. The van der Waals surface area contributed by atoms with Crippen molar-refractivity contribution in [1.82, 2.24) is 0 Å². The van der Waals surface area contributed by atoms with Gasteiger partial charge in [0.2, 0.25) is 0 Å². The van der Waals surface area contributed by atoms with Gasteiger partial charge in [0.15, 0.2) is 0 Å². The Kier molecular flexibility index (Phi) is 5.07. The highest BCUT2D eigenvalue weighted by molar-refractivity contribution is 7.62. The van der Waals surface area contributed by atoms with Crippen LogP contribution in [0.1, 0.15) is 12.0 Å². The fourth-order valence-electron chi connectivity index (χ4n) is 1.31. The van der Waals surface area contributed by atoms with Gasteiger partial charge in [-0.2, -0.15) is 0 Å². The topological polar surface area (TPSA) is 26.3 Å². The molecule has 84 valence electrons. The van der Waals surface area contributed by atoms with Gasteiger partial charge in [-0.1, -0.05) is 30.3 Å². The predicted octanol–water partition coefficient (Wildman–Crippen LogP) is 3.22. The molecule has 3 heteroatoms. The molecule has 0 unspecified atom stereocenters. The van der Waals surface area contributed by atoms with E-state index in [0.29, 0.717) is 13.2 Å². The molecule has 1 aromatic rings. The van der Waals surface area contributed by atoms with Gasteiger partial charge in [-0.15, -0.1) is 0 Å².